The van der Waals surface area contributed by atoms with E-state index in [2.05, 4.69) is 5.10 Å². The SMILES string of the molecule is Cn1nc(-c2ccc(Cl)cc2)s/c1=N/[C@H]1CCCC[C@@H]1C(=O)O. The highest BCUT2D eigenvalue weighted by atomic mass is 35.5. The van der Waals surface area contributed by atoms with E-state index >= 15 is 0 Å². The summed E-state index contributed by atoms with van der Waals surface area (Å²) in [6.07, 6.45) is 3.53. The molecule has 0 bridgehead atoms. The fourth-order valence-electron chi connectivity index (χ4n) is 2.87. The molecular formula is C16H18ClN3O2S. The third-order valence-electron chi connectivity index (χ3n) is 4.12. The van der Waals surface area contributed by atoms with Gasteiger partial charge in [0.05, 0.1) is 12.0 Å². The lowest BCUT2D eigenvalue weighted by molar-refractivity contribution is -0.143. The third-order valence-corrected chi connectivity index (χ3v) is 5.43. The molecule has 0 aliphatic heterocycles. The molecular weight excluding hydrogens is 334 g/mol. The molecule has 1 aliphatic carbocycles. The van der Waals surface area contributed by atoms with Crippen molar-refractivity contribution in [1.29, 1.82) is 0 Å². The second-order valence-corrected chi connectivity index (χ2v) is 7.14. The molecule has 3 rings (SSSR count). The normalized spacial score (nSPS) is 22.3. The van der Waals surface area contributed by atoms with Crippen molar-refractivity contribution in [2.24, 2.45) is 18.0 Å². The Hall–Kier alpha value is -1.66. The zero-order valence-corrected chi connectivity index (χ0v) is 14.3. The van der Waals surface area contributed by atoms with Crippen LogP contribution in [-0.4, -0.2) is 26.9 Å². The molecule has 0 unspecified atom stereocenters. The molecule has 0 radical (unpaired) electrons. The van der Waals surface area contributed by atoms with E-state index in [9.17, 15) is 9.90 Å². The van der Waals surface area contributed by atoms with Crippen LogP contribution in [0.15, 0.2) is 29.3 Å². The first-order valence-electron chi connectivity index (χ1n) is 7.61. The van der Waals surface area contributed by atoms with Crippen LogP contribution in [0.4, 0.5) is 0 Å². The summed E-state index contributed by atoms with van der Waals surface area (Å²) in [7, 11) is 1.84. The van der Waals surface area contributed by atoms with Crippen LogP contribution in [0, 0.1) is 5.92 Å². The van der Waals surface area contributed by atoms with Crippen LogP contribution in [0.25, 0.3) is 10.6 Å². The lowest BCUT2D eigenvalue weighted by Gasteiger charge is -2.24. The first kappa shape index (κ1) is 16.2. The number of hydrogen-bond donors (Lipinski definition) is 1. The zero-order chi connectivity index (χ0) is 16.4. The van der Waals surface area contributed by atoms with E-state index in [1.807, 2.05) is 31.3 Å². The van der Waals surface area contributed by atoms with E-state index in [0.717, 1.165) is 34.6 Å². The predicted molar refractivity (Wildman–Crippen MR) is 90.5 cm³/mol. The molecule has 1 aromatic heterocycles. The molecule has 1 aromatic carbocycles. The standard InChI is InChI=1S/C16H18ClN3O2S/c1-20-16(18-13-5-3-2-4-12(13)15(21)22)23-14(19-20)10-6-8-11(17)9-7-10/h6-9,12-13H,2-5H2,1H3,(H,21,22)/b18-16+/t12-,13-/m0/s1. The van der Waals surface area contributed by atoms with Crippen molar-refractivity contribution in [3.63, 3.8) is 0 Å². The molecule has 1 saturated carbocycles. The molecule has 5 nitrogen and oxygen atoms in total. The topological polar surface area (TPSA) is 67.5 Å². The number of carboxylic acid groups (broad SMARTS) is 1. The summed E-state index contributed by atoms with van der Waals surface area (Å²) in [6, 6.07) is 7.34. The summed E-state index contributed by atoms with van der Waals surface area (Å²) in [6.45, 7) is 0. The largest absolute Gasteiger partial charge is 0.481 e. The molecule has 7 heteroatoms. The lowest BCUT2D eigenvalue weighted by atomic mass is 9.85. The monoisotopic (exact) mass is 351 g/mol. The van der Waals surface area contributed by atoms with Crippen molar-refractivity contribution in [2.45, 2.75) is 31.7 Å². The first-order chi connectivity index (χ1) is 11.0. The molecule has 0 saturated heterocycles. The summed E-state index contributed by atoms with van der Waals surface area (Å²) in [5.74, 6) is -1.13. The first-order valence-corrected chi connectivity index (χ1v) is 8.81. The quantitative estimate of drug-likeness (QED) is 0.922. The summed E-state index contributed by atoms with van der Waals surface area (Å²) < 4.78 is 1.72. The molecule has 2 atom stereocenters. The fraction of sp³-hybridized carbons (Fsp3) is 0.438. The van der Waals surface area contributed by atoms with E-state index in [1.54, 1.807) is 4.68 Å². The van der Waals surface area contributed by atoms with Crippen molar-refractivity contribution in [3.8, 4) is 10.6 Å². The van der Waals surface area contributed by atoms with Crippen molar-refractivity contribution in [3.05, 3.63) is 34.1 Å². The van der Waals surface area contributed by atoms with Gasteiger partial charge in [-0.2, -0.15) is 5.10 Å². The third kappa shape index (κ3) is 3.64. The molecule has 0 spiro atoms. The Labute approximate surface area is 143 Å². The van der Waals surface area contributed by atoms with Gasteiger partial charge in [-0.15, -0.1) is 0 Å². The van der Waals surface area contributed by atoms with Crippen LogP contribution < -0.4 is 4.80 Å². The molecule has 2 aromatic rings. The van der Waals surface area contributed by atoms with Gasteiger partial charge in [0.25, 0.3) is 0 Å². The molecule has 23 heavy (non-hydrogen) atoms. The summed E-state index contributed by atoms with van der Waals surface area (Å²) in [5, 5.41) is 15.4. The van der Waals surface area contributed by atoms with Crippen LogP contribution in [0.5, 0.6) is 0 Å². The highest BCUT2D eigenvalue weighted by Gasteiger charge is 2.30. The maximum atomic E-state index is 11.4. The van der Waals surface area contributed by atoms with Gasteiger partial charge in [0.1, 0.15) is 5.01 Å². The molecule has 1 aliphatic rings. The van der Waals surface area contributed by atoms with Gasteiger partial charge < -0.3 is 5.11 Å². The van der Waals surface area contributed by atoms with Crippen LogP contribution in [-0.2, 0) is 11.8 Å². The molecule has 1 fully saturated rings. The van der Waals surface area contributed by atoms with Crippen molar-refractivity contribution in [2.75, 3.05) is 0 Å². The van der Waals surface area contributed by atoms with Crippen molar-refractivity contribution in [1.82, 2.24) is 9.78 Å². The van der Waals surface area contributed by atoms with E-state index in [1.165, 1.54) is 11.3 Å². The minimum Gasteiger partial charge on any atom is -0.481 e. The number of aliphatic carboxylic acids is 1. The van der Waals surface area contributed by atoms with Gasteiger partial charge in [-0.25, -0.2) is 4.68 Å². The van der Waals surface area contributed by atoms with Gasteiger partial charge in [-0.05, 0) is 25.0 Å². The molecule has 0 amide bonds. The maximum Gasteiger partial charge on any atom is 0.308 e. The van der Waals surface area contributed by atoms with Gasteiger partial charge in [0.2, 0.25) is 4.80 Å². The number of aromatic nitrogens is 2. The van der Waals surface area contributed by atoms with Crippen molar-refractivity contribution >= 4 is 28.9 Å². The number of nitrogens with zero attached hydrogens (tertiary/aromatic N) is 3. The minimum atomic E-state index is -0.747. The van der Waals surface area contributed by atoms with E-state index in [4.69, 9.17) is 16.6 Å². The van der Waals surface area contributed by atoms with Gasteiger partial charge in [-0.3, -0.25) is 9.79 Å². The Balaban J connectivity index is 1.93. The predicted octanol–water partition coefficient (Wildman–Crippen LogP) is 3.35. The second-order valence-electron chi connectivity index (χ2n) is 5.75. The second kappa shape index (κ2) is 6.84. The summed E-state index contributed by atoms with van der Waals surface area (Å²) >= 11 is 7.39. The van der Waals surface area contributed by atoms with Crippen molar-refractivity contribution < 1.29 is 9.90 Å². The number of benzene rings is 1. The van der Waals surface area contributed by atoms with Crippen LogP contribution in [0.2, 0.25) is 5.02 Å². The number of rotatable bonds is 3. The molecule has 1 heterocycles. The van der Waals surface area contributed by atoms with Crippen LogP contribution in [0.1, 0.15) is 25.7 Å². The van der Waals surface area contributed by atoms with Crippen LogP contribution in [0.3, 0.4) is 0 Å². The highest BCUT2D eigenvalue weighted by Crippen LogP contribution is 2.27. The number of aryl methyl sites for hydroxylation is 1. The lowest BCUT2D eigenvalue weighted by Crippen LogP contribution is -2.32. The Morgan fingerprint density at radius 2 is 2.04 bits per heavy atom. The number of hydrogen-bond acceptors (Lipinski definition) is 4. The Kier molecular flexibility index (Phi) is 4.82. The van der Waals surface area contributed by atoms with Gasteiger partial charge in [0, 0.05) is 17.6 Å². The average Bonchev–Trinajstić information content (AvgIpc) is 2.89. The Morgan fingerprint density at radius 1 is 1.35 bits per heavy atom. The van der Waals surface area contributed by atoms with E-state index in [0.29, 0.717) is 11.4 Å². The Bertz CT molecular complexity index is 766. The Morgan fingerprint density at radius 3 is 2.74 bits per heavy atom. The van der Waals surface area contributed by atoms with Gasteiger partial charge in [0.15, 0.2) is 0 Å². The highest BCUT2D eigenvalue weighted by molar-refractivity contribution is 7.12. The smallest absolute Gasteiger partial charge is 0.308 e. The maximum absolute atomic E-state index is 11.4. The number of carbonyl (C=O) groups is 1. The number of carboxylic acids is 1. The van der Waals surface area contributed by atoms with E-state index in [-0.39, 0.29) is 12.0 Å². The average molecular weight is 352 g/mol. The molecule has 122 valence electrons. The minimum absolute atomic E-state index is 0.161. The number of halogens is 1. The summed E-state index contributed by atoms with van der Waals surface area (Å²) in [5.41, 5.74) is 0.981. The zero-order valence-electron chi connectivity index (χ0n) is 12.8. The molecule has 1 N–H and O–H groups in total. The van der Waals surface area contributed by atoms with E-state index < -0.39 is 5.97 Å². The van der Waals surface area contributed by atoms with Gasteiger partial charge in [-0.1, -0.05) is 47.9 Å². The summed E-state index contributed by atoms with van der Waals surface area (Å²) in [4.78, 5) is 16.9. The van der Waals surface area contributed by atoms with Crippen LogP contribution >= 0.6 is 22.9 Å². The van der Waals surface area contributed by atoms with Gasteiger partial charge >= 0.3 is 5.97 Å². The fourth-order valence-corrected chi connectivity index (χ4v) is 3.94.